The van der Waals surface area contributed by atoms with Crippen molar-refractivity contribution in [2.75, 3.05) is 13.2 Å². The molecule has 23 heavy (non-hydrogen) atoms. The highest BCUT2D eigenvalue weighted by Gasteiger charge is 2.22. The first-order valence-electron chi connectivity index (χ1n) is 7.19. The van der Waals surface area contributed by atoms with E-state index in [0.29, 0.717) is 10.3 Å². The minimum absolute atomic E-state index is 0.0775. The van der Waals surface area contributed by atoms with Gasteiger partial charge in [-0.15, -0.1) is 0 Å². The van der Waals surface area contributed by atoms with Crippen molar-refractivity contribution in [3.63, 3.8) is 0 Å². The first-order chi connectivity index (χ1) is 11.0. The van der Waals surface area contributed by atoms with Crippen LogP contribution in [0.15, 0.2) is 22.8 Å². The third kappa shape index (κ3) is 7.23. The molecule has 0 aliphatic rings. The van der Waals surface area contributed by atoms with E-state index < -0.39 is 30.3 Å². The van der Waals surface area contributed by atoms with Crippen molar-refractivity contribution < 1.29 is 23.9 Å². The van der Waals surface area contributed by atoms with E-state index in [1.165, 1.54) is 0 Å². The molecule has 1 unspecified atom stereocenters. The third-order valence-corrected chi connectivity index (χ3v) is 3.16. The standard InChI is InChI=1S/C15H19BrN2O5/c1-3-22-14(20)8-11(10-6-5-7-12(16)17-10)18-13(19)9-15(21)23-4-2/h5-7,11H,3-4,8-9H2,1-2H3,(H,18,19). The van der Waals surface area contributed by atoms with Crippen LogP contribution in [-0.2, 0) is 23.9 Å². The first-order valence-corrected chi connectivity index (χ1v) is 7.98. The number of aromatic nitrogens is 1. The van der Waals surface area contributed by atoms with Crippen molar-refractivity contribution in [2.45, 2.75) is 32.7 Å². The predicted octanol–water partition coefficient (Wildman–Crippen LogP) is 1.91. The van der Waals surface area contributed by atoms with E-state index in [1.54, 1.807) is 32.0 Å². The molecule has 1 heterocycles. The summed E-state index contributed by atoms with van der Waals surface area (Å²) in [5.74, 6) is -1.63. The van der Waals surface area contributed by atoms with E-state index in [2.05, 4.69) is 26.2 Å². The summed E-state index contributed by atoms with van der Waals surface area (Å²) in [5.41, 5.74) is 0.490. The molecule has 0 radical (unpaired) electrons. The van der Waals surface area contributed by atoms with Crippen LogP contribution in [0.25, 0.3) is 0 Å². The average molecular weight is 387 g/mol. The maximum Gasteiger partial charge on any atom is 0.315 e. The Morgan fingerprint density at radius 1 is 1.17 bits per heavy atom. The molecule has 1 amide bonds. The molecule has 1 N–H and O–H groups in total. The lowest BCUT2D eigenvalue weighted by molar-refractivity contribution is -0.146. The van der Waals surface area contributed by atoms with E-state index in [4.69, 9.17) is 9.47 Å². The van der Waals surface area contributed by atoms with Crippen molar-refractivity contribution in [1.82, 2.24) is 10.3 Å². The van der Waals surface area contributed by atoms with Gasteiger partial charge in [0.05, 0.1) is 31.4 Å². The molecule has 1 aromatic heterocycles. The highest BCUT2D eigenvalue weighted by atomic mass is 79.9. The molecule has 0 saturated carbocycles. The average Bonchev–Trinajstić information content (AvgIpc) is 2.46. The number of hydrogen-bond acceptors (Lipinski definition) is 6. The number of hydrogen-bond donors (Lipinski definition) is 1. The molecule has 126 valence electrons. The minimum atomic E-state index is -0.687. The van der Waals surface area contributed by atoms with Crippen molar-refractivity contribution in [1.29, 1.82) is 0 Å². The quantitative estimate of drug-likeness (QED) is 0.416. The Labute approximate surface area is 142 Å². The van der Waals surface area contributed by atoms with Gasteiger partial charge in [0.15, 0.2) is 0 Å². The van der Waals surface area contributed by atoms with Crippen molar-refractivity contribution in [2.24, 2.45) is 0 Å². The van der Waals surface area contributed by atoms with E-state index >= 15 is 0 Å². The normalized spacial score (nSPS) is 11.4. The topological polar surface area (TPSA) is 94.6 Å². The summed E-state index contributed by atoms with van der Waals surface area (Å²) in [6.07, 6.45) is -0.493. The molecule has 0 aromatic carbocycles. The van der Waals surface area contributed by atoms with Crippen LogP contribution >= 0.6 is 15.9 Å². The number of esters is 2. The Bertz CT molecular complexity index is 565. The van der Waals surface area contributed by atoms with E-state index in [-0.39, 0.29) is 19.6 Å². The van der Waals surface area contributed by atoms with E-state index in [1.807, 2.05) is 0 Å². The number of carbonyl (C=O) groups is 3. The molecule has 0 fully saturated rings. The van der Waals surface area contributed by atoms with Crippen molar-refractivity contribution in [3.8, 4) is 0 Å². The van der Waals surface area contributed by atoms with Gasteiger partial charge in [-0.05, 0) is 41.9 Å². The Morgan fingerprint density at radius 3 is 2.43 bits per heavy atom. The van der Waals surface area contributed by atoms with E-state index in [9.17, 15) is 14.4 Å². The van der Waals surface area contributed by atoms with E-state index in [0.717, 1.165) is 0 Å². The van der Waals surface area contributed by atoms with Crippen LogP contribution in [0.5, 0.6) is 0 Å². The molecule has 0 aliphatic carbocycles. The van der Waals surface area contributed by atoms with Gasteiger partial charge in [0.2, 0.25) is 5.91 Å². The van der Waals surface area contributed by atoms with Crippen LogP contribution in [0.1, 0.15) is 38.4 Å². The van der Waals surface area contributed by atoms with Crippen LogP contribution in [0, 0.1) is 0 Å². The van der Waals surface area contributed by atoms with Gasteiger partial charge in [-0.25, -0.2) is 4.98 Å². The zero-order valence-electron chi connectivity index (χ0n) is 13.0. The number of rotatable bonds is 8. The van der Waals surface area contributed by atoms with Gasteiger partial charge < -0.3 is 14.8 Å². The molecule has 8 heteroatoms. The summed E-state index contributed by atoms with van der Waals surface area (Å²) in [4.78, 5) is 39.2. The number of carbonyl (C=O) groups excluding carboxylic acids is 3. The van der Waals surface area contributed by atoms with Crippen LogP contribution in [0.3, 0.4) is 0 Å². The van der Waals surface area contributed by atoms with Crippen molar-refractivity contribution in [3.05, 3.63) is 28.5 Å². The predicted molar refractivity (Wildman–Crippen MR) is 85.3 cm³/mol. The number of ether oxygens (including phenoxy) is 2. The zero-order chi connectivity index (χ0) is 17.2. The molecule has 0 aliphatic heterocycles. The number of nitrogens with one attached hydrogen (secondary N) is 1. The largest absolute Gasteiger partial charge is 0.466 e. The van der Waals surface area contributed by atoms with Gasteiger partial charge in [0.1, 0.15) is 11.0 Å². The Kier molecular flexibility index (Phi) is 8.25. The summed E-state index contributed by atoms with van der Waals surface area (Å²) in [5, 5.41) is 2.62. The van der Waals surface area contributed by atoms with Crippen LogP contribution in [0.4, 0.5) is 0 Å². The number of nitrogens with zero attached hydrogens (tertiary/aromatic N) is 1. The lowest BCUT2D eigenvalue weighted by Gasteiger charge is -2.17. The smallest absolute Gasteiger partial charge is 0.315 e. The molecule has 1 rings (SSSR count). The molecule has 1 atom stereocenters. The van der Waals surface area contributed by atoms with Gasteiger partial charge in [0.25, 0.3) is 0 Å². The second kappa shape index (κ2) is 9.94. The fourth-order valence-corrected chi connectivity index (χ4v) is 2.18. The number of pyridine rings is 1. The van der Waals surface area contributed by atoms with Gasteiger partial charge in [0, 0.05) is 0 Å². The SMILES string of the molecule is CCOC(=O)CC(=O)NC(CC(=O)OCC)c1cccc(Br)n1. The molecule has 0 saturated heterocycles. The highest BCUT2D eigenvalue weighted by Crippen LogP contribution is 2.18. The molecular formula is C15H19BrN2O5. The summed E-state index contributed by atoms with van der Waals surface area (Å²) >= 11 is 3.24. The van der Waals surface area contributed by atoms with Gasteiger partial charge in [-0.1, -0.05) is 6.07 Å². The van der Waals surface area contributed by atoms with Gasteiger partial charge in [-0.3, -0.25) is 14.4 Å². The van der Waals surface area contributed by atoms with Crippen LogP contribution < -0.4 is 5.32 Å². The number of halogens is 1. The second-order valence-corrected chi connectivity index (χ2v) is 5.31. The fraction of sp³-hybridized carbons (Fsp3) is 0.467. The maximum atomic E-state index is 11.9. The molecule has 0 bridgehead atoms. The Morgan fingerprint density at radius 2 is 1.83 bits per heavy atom. The Balaban J connectivity index is 2.80. The second-order valence-electron chi connectivity index (χ2n) is 4.50. The fourth-order valence-electron chi connectivity index (χ4n) is 1.82. The monoisotopic (exact) mass is 386 g/mol. The van der Waals surface area contributed by atoms with Crippen LogP contribution in [0.2, 0.25) is 0 Å². The van der Waals surface area contributed by atoms with Crippen LogP contribution in [-0.4, -0.2) is 36.0 Å². The van der Waals surface area contributed by atoms with Gasteiger partial charge in [-0.2, -0.15) is 0 Å². The molecule has 0 spiro atoms. The molecule has 7 nitrogen and oxygen atoms in total. The summed E-state index contributed by atoms with van der Waals surface area (Å²) < 4.78 is 10.2. The molecule has 1 aromatic rings. The lowest BCUT2D eigenvalue weighted by atomic mass is 10.1. The lowest BCUT2D eigenvalue weighted by Crippen LogP contribution is -2.32. The maximum absolute atomic E-state index is 11.9. The minimum Gasteiger partial charge on any atom is -0.466 e. The molecular weight excluding hydrogens is 368 g/mol. The summed E-state index contributed by atoms with van der Waals surface area (Å²) in [6.45, 7) is 3.80. The highest BCUT2D eigenvalue weighted by molar-refractivity contribution is 9.10. The summed E-state index contributed by atoms with van der Waals surface area (Å²) in [6, 6.07) is 4.46. The number of amides is 1. The Hall–Kier alpha value is -1.96. The van der Waals surface area contributed by atoms with Gasteiger partial charge >= 0.3 is 11.9 Å². The third-order valence-electron chi connectivity index (χ3n) is 2.72. The summed E-state index contributed by atoms with van der Waals surface area (Å²) in [7, 11) is 0. The first kappa shape index (κ1) is 19.1. The zero-order valence-corrected chi connectivity index (χ0v) is 14.6. The van der Waals surface area contributed by atoms with Crippen molar-refractivity contribution >= 4 is 33.8 Å².